The second kappa shape index (κ2) is 9.87. The summed E-state index contributed by atoms with van der Waals surface area (Å²) in [5.41, 5.74) is 2.42. The maximum absolute atomic E-state index is 13.0. The van der Waals surface area contributed by atoms with Gasteiger partial charge in [-0.05, 0) is 48.2 Å². The highest BCUT2D eigenvalue weighted by atomic mass is 35.5. The summed E-state index contributed by atoms with van der Waals surface area (Å²) in [6, 6.07) is 21.6. The van der Waals surface area contributed by atoms with E-state index in [-0.39, 0.29) is 17.2 Å². The number of ether oxygens (including phenoxy) is 1. The lowest BCUT2D eigenvalue weighted by molar-refractivity contribution is -0.146. The molecule has 3 aromatic rings. The van der Waals surface area contributed by atoms with E-state index in [1.54, 1.807) is 12.1 Å². The number of sulfonamides is 1. The summed E-state index contributed by atoms with van der Waals surface area (Å²) in [5.74, 6) is -1.08. The van der Waals surface area contributed by atoms with Crippen molar-refractivity contribution in [2.45, 2.75) is 23.8 Å². The monoisotopic (exact) mass is 483 g/mol. The van der Waals surface area contributed by atoms with Crippen LogP contribution in [0.1, 0.15) is 23.2 Å². The summed E-state index contributed by atoms with van der Waals surface area (Å²) in [6.45, 7) is -0.242. The minimum Gasteiger partial charge on any atom is -0.456 e. The van der Waals surface area contributed by atoms with Gasteiger partial charge in [0, 0.05) is 17.1 Å². The molecule has 0 amide bonds. The maximum Gasteiger partial charge on any atom is 0.324 e. The van der Waals surface area contributed by atoms with E-state index in [4.69, 9.17) is 16.3 Å². The van der Waals surface area contributed by atoms with Crippen LogP contribution in [0.5, 0.6) is 0 Å². The first kappa shape index (κ1) is 23.2. The van der Waals surface area contributed by atoms with Crippen molar-refractivity contribution >= 4 is 33.4 Å². The van der Waals surface area contributed by atoms with Crippen molar-refractivity contribution < 1.29 is 22.7 Å². The SMILES string of the molecule is O=C(COC(=O)[C@H]1CCCN1S(=O)(=O)c1ccc(Cl)cc1)c1ccc(-c2ccccc2)cc1. The predicted octanol–water partition coefficient (Wildman–Crippen LogP) is 4.59. The zero-order valence-corrected chi connectivity index (χ0v) is 19.3. The second-order valence-electron chi connectivity index (χ2n) is 7.70. The highest BCUT2D eigenvalue weighted by Crippen LogP contribution is 2.27. The van der Waals surface area contributed by atoms with Crippen molar-refractivity contribution in [1.29, 1.82) is 0 Å². The fraction of sp³-hybridized carbons (Fsp3) is 0.200. The van der Waals surface area contributed by atoms with Crippen molar-refractivity contribution in [2.24, 2.45) is 0 Å². The first-order valence-electron chi connectivity index (χ1n) is 10.5. The molecule has 3 aromatic carbocycles. The zero-order chi connectivity index (χ0) is 23.4. The topological polar surface area (TPSA) is 80.8 Å². The van der Waals surface area contributed by atoms with Crippen molar-refractivity contribution in [1.82, 2.24) is 4.31 Å². The molecule has 33 heavy (non-hydrogen) atoms. The van der Waals surface area contributed by atoms with Crippen molar-refractivity contribution in [3.05, 3.63) is 89.4 Å². The van der Waals surface area contributed by atoms with Crippen LogP contribution >= 0.6 is 11.6 Å². The van der Waals surface area contributed by atoms with Crippen LogP contribution in [0, 0.1) is 0 Å². The van der Waals surface area contributed by atoms with E-state index in [0.29, 0.717) is 23.4 Å². The van der Waals surface area contributed by atoms with Crippen molar-refractivity contribution in [2.75, 3.05) is 13.2 Å². The van der Waals surface area contributed by atoms with Gasteiger partial charge >= 0.3 is 5.97 Å². The van der Waals surface area contributed by atoms with E-state index in [1.165, 1.54) is 24.3 Å². The third-order valence-corrected chi connectivity index (χ3v) is 7.73. The summed E-state index contributed by atoms with van der Waals surface area (Å²) in [5, 5.41) is 0.418. The van der Waals surface area contributed by atoms with Crippen LogP contribution in [0.3, 0.4) is 0 Å². The maximum atomic E-state index is 13.0. The van der Waals surface area contributed by atoms with Crippen LogP contribution in [0.2, 0.25) is 5.02 Å². The van der Waals surface area contributed by atoms with Gasteiger partial charge in [-0.25, -0.2) is 8.42 Å². The van der Waals surface area contributed by atoms with Crippen LogP contribution < -0.4 is 0 Å². The average Bonchev–Trinajstić information content (AvgIpc) is 3.34. The van der Waals surface area contributed by atoms with Gasteiger partial charge in [-0.15, -0.1) is 0 Å². The number of benzene rings is 3. The number of ketones is 1. The van der Waals surface area contributed by atoms with Gasteiger partial charge in [0.2, 0.25) is 10.0 Å². The Bertz CT molecular complexity index is 1240. The molecule has 1 aliphatic rings. The highest BCUT2D eigenvalue weighted by Gasteiger charge is 2.40. The van der Waals surface area contributed by atoms with Crippen molar-refractivity contribution in [3.8, 4) is 11.1 Å². The molecule has 0 unspecified atom stereocenters. The van der Waals surface area contributed by atoms with E-state index < -0.39 is 28.6 Å². The number of hydrogen-bond donors (Lipinski definition) is 0. The molecule has 0 N–H and O–H groups in total. The molecule has 8 heteroatoms. The fourth-order valence-corrected chi connectivity index (χ4v) is 5.57. The van der Waals surface area contributed by atoms with Crippen LogP contribution in [0.25, 0.3) is 11.1 Å². The van der Waals surface area contributed by atoms with Gasteiger partial charge in [-0.3, -0.25) is 9.59 Å². The number of carbonyl (C=O) groups excluding carboxylic acids is 2. The number of nitrogens with zero attached hydrogens (tertiary/aromatic N) is 1. The smallest absolute Gasteiger partial charge is 0.324 e. The Hall–Kier alpha value is -3.00. The van der Waals surface area contributed by atoms with Gasteiger partial charge in [-0.1, -0.05) is 66.2 Å². The molecule has 170 valence electrons. The Labute approximate surface area is 197 Å². The molecule has 0 saturated carbocycles. The number of carbonyl (C=O) groups is 2. The molecule has 0 spiro atoms. The van der Waals surface area contributed by atoms with E-state index in [9.17, 15) is 18.0 Å². The third kappa shape index (κ3) is 5.16. The van der Waals surface area contributed by atoms with Crippen molar-refractivity contribution in [3.63, 3.8) is 0 Å². The molecule has 1 fully saturated rings. The molecule has 0 radical (unpaired) electrons. The standard InChI is InChI=1S/C25H22ClNO5S/c26-21-12-14-22(15-13-21)33(30,31)27-16-4-7-23(27)25(29)32-17-24(28)20-10-8-19(9-11-20)18-5-2-1-3-6-18/h1-3,5-6,8-15,23H,4,7,16-17H2/t23-/m1/s1. The molecule has 1 atom stereocenters. The summed E-state index contributed by atoms with van der Waals surface area (Å²) in [6.07, 6.45) is 0.868. The minimum atomic E-state index is -3.88. The molecular weight excluding hydrogens is 462 g/mol. The quantitative estimate of drug-likeness (QED) is 0.363. The normalized spacial score (nSPS) is 16.5. The number of hydrogen-bond acceptors (Lipinski definition) is 5. The molecular formula is C25H22ClNO5S. The lowest BCUT2D eigenvalue weighted by Crippen LogP contribution is -2.41. The number of halogens is 1. The molecule has 1 saturated heterocycles. The van der Waals surface area contributed by atoms with E-state index in [0.717, 1.165) is 15.4 Å². The first-order valence-corrected chi connectivity index (χ1v) is 12.3. The van der Waals surface area contributed by atoms with Crippen LogP contribution in [0.4, 0.5) is 0 Å². The van der Waals surface area contributed by atoms with Gasteiger partial charge in [0.25, 0.3) is 0 Å². The summed E-state index contributed by atoms with van der Waals surface area (Å²) < 4.78 is 32.3. The summed E-state index contributed by atoms with van der Waals surface area (Å²) in [4.78, 5) is 25.2. The van der Waals surface area contributed by atoms with Gasteiger partial charge in [0.05, 0.1) is 4.90 Å². The van der Waals surface area contributed by atoms with Gasteiger partial charge in [0.1, 0.15) is 6.04 Å². The van der Waals surface area contributed by atoms with Crippen LogP contribution in [-0.2, 0) is 19.6 Å². The molecule has 0 aliphatic carbocycles. The molecule has 1 aliphatic heterocycles. The Balaban J connectivity index is 1.39. The zero-order valence-electron chi connectivity index (χ0n) is 17.7. The van der Waals surface area contributed by atoms with E-state index >= 15 is 0 Å². The third-order valence-electron chi connectivity index (χ3n) is 5.56. The molecule has 1 heterocycles. The number of esters is 1. The van der Waals surface area contributed by atoms with Gasteiger partial charge in [0.15, 0.2) is 12.4 Å². The summed E-state index contributed by atoms with van der Waals surface area (Å²) in [7, 11) is -3.88. The van der Waals surface area contributed by atoms with Crippen LogP contribution in [-0.4, -0.2) is 43.7 Å². The first-order chi connectivity index (χ1) is 15.9. The molecule has 6 nitrogen and oxygen atoms in total. The van der Waals surface area contributed by atoms with Gasteiger partial charge < -0.3 is 4.74 Å². The fourth-order valence-electron chi connectivity index (χ4n) is 3.80. The highest BCUT2D eigenvalue weighted by molar-refractivity contribution is 7.89. The van der Waals surface area contributed by atoms with Gasteiger partial charge in [-0.2, -0.15) is 4.31 Å². The van der Waals surface area contributed by atoms with Crippen LogP contribution in [0.15, 0.2) is 83.8 Å². The molecule has 0 aromatic heterocycles. The minimum absolute atomic E-state index is 0.0567. The predicted molar refractivity (Wildman–Crippen MR) is 126 cm³/mol. The Morgan fingerprint density at radius 2 is 1.55 bits per heavy atom. The lowest BCUT2D eigenvalue weighted by Gasteiger charge is -2.22. The van der Waals surface area contributed by atoms with E-state index in [2.05, 4.69) is 0 Å². The van der Waals surface area contributed by atoms with E-state index in [1.807, 2.05) is 42.5 Å². The number of Topliss-reactive ketones (excluding diaryl/α,β-unsaturated/α-hetero) is 1. The Morgan fingerprint density at radius 1 is 0.909 bits per heavy atom. The lowest BCUT2D eigenvalue weighted by atomic mass is 10.0. The summed E-state index contributed by atoms with van der Waals surface area (Å²) >= 11 is 5.85. The Morgan fingerprint density at radius 3 is 2.21 bits per heavy atom. The Kier molecular flexibility index (Phi) is 6.93. The largest absolute Gasteiger partial charge is 0.456 e. The average molecular weight is 484 g/mol. The number of rotatable bonds is 7. The molecule has 4 rings (SSSR count). The molecule has 0 bridgehead atoms. The second-order valence-corrected chi connectivity index (χ2v) is 10.0.